The van der Waals surface area contributed by atoms with Crippen LogP contribution in [0.5, 0.6) is 0 Å². The molecule has 0 amide bonds. The first-order valence-corrected chi connectivity index (χ1v) is 9.26. The number of nitrogens with one attached hydrogen (secondary N) is 1. The lowest BCUT2D eigenvalue weighted by Gasteiger charge is -2.24. The number of phosphoric ester groups is 1. The summed E-state index contributed by atoms with van der Waals surface area (Å²) in [6, 6.07) is 1.24. The molecule has 1 aromatic rings. The molecule has 9 nitrogen and oxygen atoms in total. The average Bonchev–Trinajstić information content (AvgIpc) is 2.45. The Morgan fingerprint density at radius 2 is 2.09 bits per heavy atom. The first kappa shape index (κ1) is 19.0. The summed E-state index contributed by atoms with van der Waals surface area (Å²) in [5.41, 5.74) is -0.934. The largest absolute Gasteiger partial charge is 0.471 e. The van der Waals surface area contributed by atoms with E-state index in [2.05, 4.69) is 9.51 Å². The summed E-state index contributed by atoms with van der Waals surface area (Å²) in [5, 5.41) is 0. The van der Waals surface area contributed by atoms with E-state index in [4.69, 9.17) is 9.26 Å². The number of ether oxygens (including phenoxy) is 1. The quantitative estimate of drug-likeness (QED) is 0.419. The van der Waals surface area contributed by atoms with E-state index in [-0.39, 0.29) is 24.6 Å². The summed E-state index contributed by atoms with van der Waals surface area (Å²) in [6.07, 6.45) is 1.38. The van der Waals surface area contributed by atoms with Crippen molar-refractivity contribution in [3.8, 4) is 0 Å². The molecule has 0 bridgehead atoms. The molecule has 0 aromatic carbocycles. The highest BCUT2D eigenvalue weighted by atomic mass is 31.2. The van der Waals surface area contributed by atoms with E-state index in [0.29, 0.717) is 6.61 Å². The van der Waals surface area contributed by atoms with Gasteiger partial charge < -0.3 is 14.2 Å². The molecule has 1 aromatic heterocycles. The molecule has 3 atom stereocenters. The van der Waals surface area contributed by atoms with Gasteiger partial charge in [0.25, 0.3) is 5.56 Å². The number of methoxy groups -OCH3 is 1. The van der Waals surface area contributed by atoms with Crippen LogP contribution in [-0.2, 0) is 24.9 Å². The maximum Gasteiger partial charge on any atom is 0.471 e. The van der Waals surface area contributed by atoms with Crippen molar-refractivity contribution in [1.82, 2.24) is 9.55 Å². The molecule has 22 heavy (non-hydrogen) atoms. The van der Waals surface area contributed by atoms with Gasteiger partial charge in [-0.05, 0) is 5.54 Å². The van der Waals surface area contributed by atoms with Gasteiger partial charge in [-0.25, -0.2) is 9.36 Å². The number of H-pyrrole nitrogens is 1. The van der Waals surface area contributed by atoms with Crippen LogP contribution in [0, 0.1) is 5.92 Å². The standard InChI is InChI=1S/C11H21N2O7PSi/c1-18-7-9(22)8(6-20-21(16,17)19-2)5-13-4-3-10(14)12-11(13)15/h3-4,8-9H,5-7H2,1-2,22H3,(H,16,17)(H,12,14,15). The highest BCUT2D eigenvalue weighted by Crippen LogP contribution is 2.43. The van der Waals surface area contributed by atoms with Crippen LogP contribution in [0.2, 0.25) is 5.54 Å². The molecule has 1 rings (SSSR count). The van der Waals surface area contributed by atoms with Crippen molar-refractivity contribution in [3.05, 3.63) is 33.1 Å². The van der Waals surface area contributed by atoms with Gasteiger partial charge in [-0.15, -0.1) is 0 Å². The minimum Gasteiger partial charge on any atom is -0.385 e. The number of nitrogens with zero attached hydrogens (tertiary/aromatic N) is 1. The van der Waals surface area contributed by atoms with E-state index >= 15 is 0 Å². The van der Waals surface area contributed by atoms with Gasteiger partial charge in [-0.2, -0.15) is 0 Å². The van der Waals surface area contributed by atoms with Gasteiger partial charge in [-0.3, -0.25) is 18.8 Å². The van der Waals surface area contributed by atoms with Crippen molar-refractivity contribution < 1.29 is 23.2 Å². The fourth-order valence-corrected chi connectivity index (χ4v) is 3.10. The normalized spacial score (nSPS) is 17.0. The summed E-state index contributed by atoms with van der Waals surface area (Å²) in [7, 11) is -0.708. The highest BCUT2D eigenvalue weighted by molar-refractivity contribution is 7.47. The van der Waals surface area contributed by atoms with Crippen LogP contribution in [0.3, 0.4) is 0 Å². The smallest absolute Gasteiger partial charge is 0.385 e. The Hall–Kier alpha value is -1.03. The summed E-state index contributed by atoms with van der Waals surface area (Å²) < 4.78 is 27.1. The van der Waals surface area contributed by atoms with Crippen molar-refractivity contribution in [1.29, 1.82) is 0 Å². The minimum absolute atomic E-state index is 0.0648. The van der Waals surface area contributed by atoms with Crippen LogP contribution in [0.1, 0.15) is 0 Å². The molecule has 11 heteroatoms. The second-order valence-corrected chi connectivity index (χ2v) is 7.95. The predicted molar refractivity (Wildman–Crippen MR) is 83.2 cm³/mol. The van der Waals surface area contributed by atoms with Crippen LogP contribution in [0.4, 0.5) is 0 Å². The highest BCUT2D eigenvalue weighted by Gasteiger charge is 2.25. The van der Waals surface area contributed by atoms with Crippen molar-refractivity contribution in [3.63, 3.8) is 0 Å². The predicted octanol–water partition coefficient (Wildman–Crippen LogP) is -1.28. The maximum absolute atomic E-state index is 11.7. The van der Waals surface area contributed by atoms with Crippen LogP contribution < -0.4 is 11.2 Å². The third kappa shape index (κ3) is 5.99. The molecule has 0 spiro atoms. The van der Waals surface area contributed by atoms with E-state index in [9.17, 15) is 19.0 Å². The van der Waals surface area contributed by atoms with Gasteiger partial charge in [0, 0.05) is 55.8 Å². The van der Waals surface area contributed by atoms with Crippen molar-refractivity contribution in [2.45, 2.75) is 12.1 Å². The Balaban J connectivity index is 2.88. The molecular weight excluding hydrogens is 331 g/mol. The molecule has 0 aliphatic carbocycles. The molecule has 0 saturated heterocycles. The molecule has 0 fully saturated rings. The van der Waals surface area contributed by atoms with Crippen LogP contribution in [0.15, 0.2) is 21.9 Å². The number of hydrogen-bond donors (Lipinski definition) is 2. The van der Waals surface area contributed by atoms with Crippen molar-refractivity contribution >= 4 is 18.1 Å². The van der Waals surface area contributed by atoms with Gasteiger partial charge in [0.1, 0.15) is 0 Å². The molecule has 126 valence electrons. The van der Waals surface area contributed by atoms with Gasteiger partial charge in [0.15, 0.2) is 0 Å². The second-order valence-electron chi connectivity index (χ2n) is 4.90. The Bertz CT molecular complexity index is 631. The zero-order valence-electron chi connectivity index (χ0n) is 12.7. The molecule has 0 saturated carbocycles. The SMILES string of the molecule is COCC([SiH3])C(COP(=O)(O)OC)Cn1ccc(=O)[nH]c1=O. The van der Waals surface area contributed by atoms with Gasteiger partial charge in [0.2, 0.25) is 0 Å². The Labute approximate surface area is 130 Å². The summed E-state index contributed by atoms with van der Waals surface area (Å²) in [4.78, 5) is 34.3. The van der Waals surface area contributed by atoms with Crippen LogP contribution in [-0.4, -0.2) is 52.1 Å². The number of aromatic nitrogens is 2. The lowest BCUT2D eigenvalue weighted by Crippen LogP contribution is -2.33. The van der Waals surface area contributed by atoms with Gasteiger partial charge in [0.05, 0.1) is 6.61 Å². The molecule has 0 aliphatic heterocycles. The van der Waals surface area contributed by atoms with E-state index < -0.39 is 19.1 Å². The fraction of sp³-hybridized carbons (Fsp3) is 0.636. The molecule has 3 unspecified atom stereocenters. The Morgan fingerprint density at radius 1 is 1.41 bits per heavy atom. The van der Waals surface area contributed by atoms with Crippen molar-refractivity contribution in [2.75, 3.05) is 27.4 Å². The zero-order valence-corrected chi connectivity index (χ0v) is 15.6. The van der Waals surface area contributed by atoms with E-state index in [1.165, 1.54) is 16.8 Å². The minimum atomic E-state index is -4.08. The van der Waals surface area contributed by atoms with Gasteiger partial charge in [-0.1, -0.05) is 0 Å². The molecule has 0 aliphatic rings. The van der Waals surface area contributed by atoms with Crippen LogP contribution >= 0.6 is 7.82 Å². The van der Waals surface area contributed by atoms with E-state index in [1.807, 2.05) is 0 Å². The number of aromatic amines is 1. The summed E-state index contributed by atoms with van der Waals surface area (Å²) >= 11 is 0. The lowest BCUT2D eigenvalue weighted by molar-refractivity contribution is 0.118. The maximum atomic E-state index is 11.7. The summed E-state index contributed by atoms with van der Waals surface area (Å²) in [6.45, 7) is 0.614. The Kier molecular flexibility index (Phi) is 7.40. The average molecular weight is 352 g/mol. The first-order valence-electron chi connectivity index (χ1n) is 6.61. The third-order valence-corrected chi connectivity index (χ3v) is 5.46. The molecule has 1 heterocycles. The lowest BCUT2D eigenvalue weighted by atomic mass is 10.1. The second kappa shape index (κ2) is 8.56. The van der Waals surface area contributed by atoms with E-state index in [0.717, 1.165) is 17.4 Å². The summed E-state index contributed by atoms with van der Waals surface area (Å²) in [5.74, 6) is -0.231. The first-order chi connectivity index (χ1) is 10.3. The van der Waals surface area contributed by atoms with Crippen LogP contribution in [0.25, 0.3) is 0 Å². The molecule has 2 N–H and O–H groups in total. The zero-order chi connectivity index (χ0) is 16.8. The van der Waals surface area contributed by atoms with E-state index in [1.54, 1.807) is 7.11 Å². The number of hydrogen-bond acceptors (Lipinski definition) is 6. The Morgan fingerprint density at radius 3 is 2.64 bits per heavy atom. The fourth-order valence-electron chi connectivity index (χ4n) is 1.88. The monoisotopic (exact) mass is 352 g/mol. The molecule has 0 radical (unpaired) electrons. The number of rotatable bonds is 9. The van der Waals surface area contributed by atoms with Gasteiger partial charge >= 0.3 is 13.5 Å². The van der Waals surface area contributed by atoms with Crippen molar-refractivity contribution in [2.24, 2.45) is 5.92 Å². The number of phosphoric acid groups is 1. The topological polar surface area (TPSA) is 120 Å². The molecular formula is C11H21N2O7PSi. The third-order valence-electron chi connectivity index (χ3n) is 3.24.